The summed E-state index contributed by atoms with van der Waals surface area (Å²) in [5, 5.41) is 0. The molecule has 1 aliphatic rings. The highest BCUT2D eigenvalue weighted by Gasteiger charge is 2.29. The van der Waals surface area contributed by atoms with Crippen LogP contribution >= 0.6 is 0 Å². The number of unbranched alkanes of at least 4 members (excludes halogenated alkanes) is 2. The number of hydrogen-bond acceptors (Lipinski definition) is 5. The second kappa shape index (κ2) is 13.8. The lowest BCUT2D eigenvalue weighted by Gasteiger charge is -2.38. The Labute approximate surface area is 177 Å². The minimum Gasteiger partial charge on any atom is -0.493 e. The molecule has 1 aliphatic heterocycles. The molecule has 0 spiro atoms. The van der Waals surface area contributed by atoms with Crippen LogP contribution in [0.4, 0.5) is 0 Å². The van der Waals surface area contributed by atoms with E-state index in [0.717, 1.165) is 31.0 Å². The molecule has 0 N–H and O–H groups in total. The maximum atomic E-state index is 6.20. The molecular weight excluding hydrogens is 366 g/mol. The third kappa shape index (κ3) is 9.37. The molecule has 1 aromatic rings. The minimum atomic E-state index is 0.165. The average molecular weight is 408 g/mol. The van der Waals surface area contributed by atoms with Crippen LogP contribution in [0, 0.1) is 5.92 Å². The van der Waals surface area contributed by atoms with Crippen LogP contribution in [0.2, 0.25) is 0 Å². The largest absolute Gasteiger partial charge is 0.493 e. The normalized spacial score (nSPS) is 20.2. The molecule has 2 atom stereocenters. The van der Waals surface area contributed by atoms with Gasteiger partial charge in [-0.3, -0.25) is 0 Å². The molecule has 0 aromatic heterocycles. The van der Waals surface area contributed by atoms with Gasteiger partial charge in [-0.25, -0.2) is 0 Å². The molecule has 0 unspecified atom stereocenters. The van der Waals surface area contributed by atoms with Crippen LogP contribution in [0.3, 0.4) is 0 Å². The molecule has 5 nitrogen and oxygen atoms in total. The first kappa shape index (κ1) is 24.0. The zero-order valence-electron chi connectivity index (χ0n) is 18.9. The maximum absolute atomic E-state index is 6.20. The lowest BCUT2D eigenvalue weighted by molar-refractivity contribution is -0.0567. The van der Waals surface area contributed by atoms with Gasteiger partial charge < -0.3 is 23.8 Å². The molecule has 1 fully saturated rings. The number of nitrogens with zero attached hydrogens (tertiary/aromatic N) is 1. The van der Waals surface area contributed by atoms with E-state index in [1.165, 1.54) is 32.2 Å². The molecule has 0 radical (unpaired) electrons. The summed E-state index contributed by atoms with van der Waals surface area (Å²) in [5.41, 5.74) is 0. The Kier molecular flexibility index (Phi) is 11.4. The zero-order chi connectivity index (χ0) is 20.9. The van der Waals surface area contributed by atoms with E-state index in [1.54, 1.807) is 7.11 Å². The second-order valence-corrected chi connectivity index (χ2v) is 8.24. The Bertz CT molecular complexity index is 551. The fraction of sp³-hybridized carbons (Fsp3) is 0.750. The molecule has 1 aromatic carbocycles. The van der Waals surface area contributed by atoms with Gasteiger partial charge in [0.25, 0.3) is 0 Å². The molecule has 29 heavy (non-hydrogen) atoms. The Hall–Kier alpha value is -1.30. The van der Waals surface area contributed by atoms with Crippen LogP contribution in [0.5, 0.6) is 11.5 Å². The standard InChI is InChI=1S/C24H41NO4/c1-5-6-7-13-25-14-11-21(24(19-25)28-17-16-26-4)12-15-27-22-9-8-10-23(18-22)29-20(2)3/h8-10,18,20-21,24H,5-7,11-17,19H2,1-4H3/t21-,24+/m0/s1. The zero-order valence-corrected chi connectivity index (χ0v) is 18.9. The van der Waals surface area contributed by atoms with E-state index in [-0.39, 0.29) is 12.2 Å². The Morgan fingerprint density at radius 3 is 2.69 bits per heavy atom. The fourth-order valence-corrected chi connectivity index (χ4v) is 3.86. The molecule has 1 saturated heterocycles. The van der Waals surface area contributed by atoms with E-state index in [4.69, 9.17) is 18.9 Å². The minimum absolute atomic E-state index is 0.165. The molecule has 5 heteroatoms. The van der Waals surface area contributed by atoms with E-state index in [0.29, 0.717) is 25.7 Å². The van der Waals surface area contributed by atoms with Crippen LogP contribution in [-0.4, -0.2) is 63.7 Å². The van der Waals surface area contributed by atoms with Crippen LogP contribution in [0.25, 0.3) is 0 Å². The van der Waals surface area contributed by atoms with Gasteiger partial charge in [-0.05, 0) is 64.3 Å². The highest BCUT2D eigenvalue weighted by Crippen LogP contribution is 2.26. The van der Waals surface area contributed by atoms with Gasteiger partial charge in [0.15, 0.2) is 0 Å². The highest BCUT2D eigenvalue weighted by molar-refractivity contribution is 5.33. The van der Waals surface area contributed by atoms with Crippen molar-refractivity contribution in [2.24, 2.45) is 5.92 Å². The van der Waals surface area contributed by atoms with Crippen molar-refractivity contribution in [3.05, 3.63) is 24.3 Å². The van der Waals surface area contributed by atoms with Crippen molar-refractivity contribution in [3.8, 4) is 11.5 Å². The summed E-state index contributed by atoms with van der Waals surface area (Å²) in [6.07, 6.45) is 6.47. The van der Waals surface area contributed by atoms with Gasteiger partial charge >= 0.3 is 0 Å². The first-order chi connectivity index (χ1) is 14.1. The van der Waals surface area contributed by atoms with Crippen LogP contribution in [0.15, 0.2) is 24.3 Å². The van der Waals surface area contributed by atoms with E-state index in [1.807, 2.05) is 38.1 Å². The van der Waals surface area contributed by atoms with Crippen molar-refractivity contribution in [2.45, 2.75) is 65.1 Å². The van der Waals surface area contributed by atoms with Gasteiger partial charge in [0.1, 0.15) is 11.5 Å². The van der Waals surface area contributed by atoms with Crippen LogP contribution in [-0.2, 0) is 9.47 Å². The number of piperidine rings is 1. The third-order valence-corrected chi connectivity index (χ3v) is 5.41. The van der Waals surface area contributed by atoms with E-state index < -0.39 is 0 Å². The average Bonchev–Trinajstić information content (AvgIpc) is 2.69. The molecular formula is C24H41NO4. The van der Waals surface area contributed by atoms with Crippen molar-refractivity contribution >= 4 is 0 Å². The number of methoxy groups -OCH3 is 1. The van der Waals surface area contributed by atoms with E-state index in [9.17, 15) is 0 Å². The summed E-state index contributed by atoms with van der Waals surface area (Å²) in [5.74, 6) is 2.26. The van der Waals surface area contributed by atoms with Crippen LogP contribution < -0.4 is 9.47 Å². The summed E-state index contributed by atoms with van der Waals surface area (Å²) >= 11 is 0. The Morgan fingerprint density at radius 1 is 1.10 bits per heavy atom. The van der Waals surface area contributed by atoms with Gasteiger partial charge in [0.05, 0.1) is 32.0 Å². The monoisotopic (exact) mass is 407 g/mol. The number of rotatable bonds is 14. The lowest BCUT2D eigenvalue weighted by atomic mass is 9.90. The highest BCUT2D eigenvalue weighted by atomic mass is 16.5. The second-order valence-electron chi connectivity index (χ2n) is 8.24. The lowest BCUT2D eigenvalue weighted by Crippen LogP contribution is -2.46. The maximum Gasteiger partial charge on any atom is 0.123 e. The van der Waals surface area contributed by atoms with Crippen molar-refractivity contribution in [3.63, 3.8) is 0 Å². The summed E-state index contributed by atoms with van der Waals surface area (Å²) in [6, 6.07) is 7.93. The first-order valence-corrected chi connectivity index (χ1v) is 11.3. The summed E-state index contributed by atoms with van der Waals surface area (Å²) in [7, 11) is 1.73. The van der Waals surface area contributed by atoms with Crippen molar-refractivity contribution in [1.29, 1.82) is 0 Å². The molecule has 0 saturated carbocycles. The summed E-state index contributed by atoms with van der Waals surface area (Å²) in [4.78, 5) is 2.57. The fourth-order valence-electron chi connectivity index (χ4n) is 3.86. The number of hydrogen-bond donors (Lipinski definition) is 0. The van der Waals surface area contributed by atoms with Crippen molar-refractivity contribution in [2.75, 3.05) is 46.6 Å². The molecule has 0 amide bonds. The van der Waals surface area contributed by atoms with E-state index >= 15 is 0 Å². The summed E-state index contributed by atoms with van der Waals surface area (Å²) in [6.45, 7) is 11.7. The van der Waals surface area contributed by atoms with Gasteiger partial charge in [-0.15, -0.1) is 0 Å². The predicted molar refractivity (Wildman–Crippen MR) is 118 cm³/mol. The summed E-state index contributed by atoms with van der Waals surface area (Å²) < 4.78 is 23.2. The number of ether oxygens (including phenoxy) is 4. The van der Waals surface area contributed by atoms with Gasteiger partial charge in [0.2, 0.25) is 0 Å². The SMILES string of the molecule is CCCCCN1CC[C@@H](CCOc2cccc(OC(C)C)c2)[C@H](OCCOC)C1. The number of likely N-dealkylation sites (tertiary alicyclic amines) is 1. The third-order valence-electron chi connectivity index (χ3n) is 5.41. The predicted octanol–water partition coefficient (Wildman–Crippen LogP) is 4.79. The topological polar surface area (TPSA) is 40.2 Å². The first-order valence-electron chi connectivity index (χ1n) is 11.3. The van der Waals surface area contributed by atoms with Gasteiger partial charge in [-0.2, -0.15) is 0 Å². The van der Waals surface area contributed by atoms with E-state index in [2.05, 4.69) is 11.8 Å². The Balaban J connectivity index is 1.81. The molecule has 1 heterocycles. The Morgan fingerprint density at radius 2 is 1.93 bits per heavy atom. The van der Waals surface area contributed by atoms with Crippen LogP contribution in [0.1, 0.15) is 52.9 Å². The molecule has 0 bridgehead atoms. The van der Waals surface area contributed by atoms with Crippen molar-refractivity contribution in [1.82, 2.24) is 4.90 Å². The quantitative estimate of drug-likeness (QED) is 0.415. The van der Waals surface area contributed by atoms with Gasteiger partial charge in [0, 0.05) is 19.7 Å². The molecule has 2 rings (SSSR count). The smallest absolute Gasteiger partial charge is 0.123 e. The van der Waals surface area contributed by atoms with Crippen molar-refractivity contribution < 1.29 is 18.9 Å². The molecule has 166 valence electrons. The molecule has 0 aliphatic carbocycles. The van der Waals surface area contributed by atoms with Gasteiger partial charge in [-0.1, -0.05) is 25.8 Å². The number of benzene rings is 1.